The Hall–Kier alpha value is -1.58. The van der Waals surface area contributed by atoms with Crippen molar-refractivity contribution in [3.63, 3.8) is 0 Å². The molecule has 0 unspecified atom stereocenters. The molecule has 2 bridgehead atoms. The van der Waals surface area contributed by atoms with Crippen LogP contribution in [0.5, 0.6) is 0 Å². The van der Waals surface area contributed by atoms with Gasteiger partial charge in [-0.15, -0.1) is 0 Å². The van der Waals surface area contributed by atoms with Crippen molar-refractivity contribution < 1.29 is 19.1 Å². The first-order chi connectivity index (χ1) is 9.78. The first kappa shape index (κ1) is 15.8. The van der Waals surface area contributed by atoms with Gasteiger partial charge in [0, 0.05) is 22.0 Å². The normalized spacial score (nSPS) is 30.0. The molecule has 0 aromatic rings. The molecule has 2 fully saturated rings. The topological polar surface area (TPSA) is 52.6 Å². The van der Waals surface area contributed by atoms with Crippen molar-refractivity contribution >= 4 is 11.9 Å². The molecule has 2 aliphatic rings. The van der Waals surface area contributed by atoms with E-state index in [2.05, 4.69) is 13.2 Å². The molecule has 0 N–H and O–H groups in total. The molecule has 2 aliphatic carbocycles. The first-order valence-electron chi connectivity index (χ1n) is 7.43. The minimum Gasteiger partial charge on any atom is -0.462 e. The smallest absolute Gasteiger partial charge is 0.333 e. The molecule has 0 saturated heterocycles. The van der Waals surface area contributed by atoms with Gasteiger partial charge in [0.1, 0.15) is 0 Å². The van der Waals surface area contributed by atoms with Gasteiger partial charge >= 0.3 is 11.9 Å². The maximum Gasteiger partial charge on any atom is 0.333 e. The number of carbonyl (C=O) groups is 2. The summed E-state index contributed by atoms with van der Waals surface area (Å²) in [5, 5.41) is 0. The van der Waals surface area contributed by atoms with Gasteiger partial charge in [-0.1, -0.05) is 13.2 Å². The molecule has 0 amide bonds. The number of hydrogen-bond acceptors (Lipinski definition) is 4. The summed E-state index contributed by atoms with van der Waals surface area (Å²) in [6, 6.07) is 0. The Balaban J connectivity index is 1.88. The summed E-state index contributed by atoms with van der Waals surface area (Å²) in [6.07, 6.45) is 5.08. The third-order valence-corrected chi connectivity index (χ3v) is 4.84. The third-order valence-electron chi connectivity index (χ3n) is 4.84. The third kappa shape index (κ3) is 3.36. The Morgan fingerprint density at radius 2 is 1.19 bits per heavy atom. The van der Waals surface area contributed by atoms with Crippen LogP contribution in [0.15, 0.2) is 24.3 Å². The second-order valence-corrected chi connectivity index (χ2v) is 6.89. The molecule has 0 aliphatic heterocycles. The van der Waals surface area contributed by atoms with Gasteiger partial charge in [0.05, 0.1) is 13.2 Å². The van der Waals surface area contributed by atoms with E-state index in [9.17, 15) is 9.59 Å². The number of esters is 2. The van der Waals surface area contributed by atoms with Gasteiger partial charge in [0.2, 0.25) is 0 Å². The molecular formula is C17H24O4. The second-order valence-electron chi connectivity index (χ2n) is 6.89. The largest absolute Gasteiger partial charge is 0.462 e. The molecule has 2 rings (SSSR count). The molecule has 0 aromatic heterocycles. The molecule has 4 heteroatoms. The van der Waals surface area contributed by atoms with Crippen LogP contribution in [0.4, 0.5) is 0 Å². The monoisotopic (exact) mass is 292 g/mol. The van der Waals surface area contributed by atoms with E-state index in [1.165, 1.54) is 0 Å². The van der Waals surface area contributed by atoms with Gasteiger partial charge in [-0.2, -0.15) is 0 Å². The Bertz CT molecular complexity index is 437. The Kier molecular flexibility index (Phi) is 4.26. The van der Waals surface area contributed by atoms with Gasteiger partial charge in [-0.05, 0) is 46.0 Å². The highest BCUT2D eigenvalue weighted by atomic mass is 16.5. The van der Waals surface area contributed by atoms with Crippen LogP contribution in [0.25, 0.3) is 0 Å². The van der Waals surface area contributed by atoms with Crippen LogP contribution in [-0.2, 0) is 19.1 Å². The quantitative estimate of drug-likeness (QED) is 0.557. The zero-order valence-electron chi connectivity index (χ0n) is 13.0. The van der Waals surface area contributed by atoms with Crippen molar-refractivity contribution in [1.29, 1.82) is 0 Å². The summed E-state index contributed by atoms with van der Waals surface area (Å²) in [5.41, 5.74) is 1.01. The van der Waals surface area contributed by atoms with Crippen molar-refractivity contribution in [2.24, 2.45) is 10.8 Å². The molecule has 4 nitrogen and oxygen atoms in total. The van der Waals surface area contributed by atoms with E-state index in [4.69, 9.17) is 9.47 Å². The molecule has 0 atom stereocenters. The maximum atomic E-state index is 11.5. The van der Waals surface area contributed by atoms with Gasteiger partial charge in [-0.3, -0.25) is 0 Å². The summed E-state index contributed by atoms with van der Waals surface area (Å²) in [7, 11) is 0. The fourth-order valence-corrected chi connectivity index (χ4v) is 3.53. The number of fused-ring (bicyclic) bond motifs is 2. The molecular weight excluding hydrogens is 268 g/mol. The highest BCUT2D eigenvalue weighted by Gasteiger charge is 2.55. The fraction of sp³-hybridized carbons (Fsp3) is 0.647. The van der Waals surface area contributed by atoms with Crippen molar-refractivity contribution in [1.82, 2.24) is 0 Å². The predicted molar refractivity (Wildman–Crippen MR) is 79.5 cm³/mol. The van der Waals surface area contributed by atoms with Crippen molar-refractivity contribution in [3.05, 3.63) is 24.3 Å². The van der Waals surface area contributed by atoms with E-state index in [-0.39, 0.29) is 22.8 Å². The summed E-state index contributed by atoms with van der Waals surface area (Å²) in [4.78, 5) is 23.1. The summed E-state index contributed by atoms with van der Waals surface area (Å²) in [5.74, 6) is -0.634. The summed E-state index contributed by atoms with van der Waals surface area (Å²) >= 11 is 0. The first-order valence-corrected chi connectivity index (χ1v) is 7.43. The molecule has 2 saturated carbocycles. The fourth-order valence-electron chi connectivity index (χ4n) is 3.53. The van der Waals surface area contributed by atoms with Crippen LogP contribution in [0.1, 0.15) is 46.0 Å². The van der Waals surface area contributed by atoms with Gasteiger partial charge in [0.15, 0.2) is 0 Å². The zero-order chi connectivity index (χ0) is 15.7. The number of hydrogen-bond donors (Lipinski definition) is 0. The summed E-state index contributed by atoms with van der Waals surface area (Å²) < 4.78 is 10.7. The van der Waals surface area contributed by atoms with Crippen molar-refractivity contribution in [2.75, 3.05) is 13.2 Å². The van der Waals surface area contributed by atoms with Crippen LogP contribution in [-0.4, -0.2) is 25.2 Å². The highest BCUT2D eigenvalue weighted by molar-refractivity contribution is 5.87. The lowest BCUT2D eigenvalue weighted by Gasteiger charge is -2.27. The molecule has 116 valence electrons. The highest BCUT2D eigenvalue weighted by Crippen LogP contribution is 2.61. The van der Waals surface area contributed by atoms with Crippen molar-refractivity contribution in [2.45, 2.75) is 46.0 Å². The Morgan fingerprint density at radius 3 is 1.48 bits per heavy atom. The van der Waals surface area contributed by atoms with E-state index in [0.29, 0.717) is 24.4 Å². The average molecular weight is 292 g/mol. The zero-order valence-corrected chi connectivity index (χ0v) is 13.0. The lowest BCUT2D eigenvalue weighted by Crippen LogP contribution is -2.24. The van der Waals surface area contributed by atoms with E-state index >= 15 is 0 Å². The van der Waals surface area contributed by atoms with E-state index < -0.39 is 0 Å². The summed E-state index contributed by atoms with van der Waals surface area (Å²) in [6.45, 7) is 11.4. The predicted octanol–water partition coefficient (Wildman–Crippen LogP) is 3.18. The van der Waals surface area contributed by atoms with Crippen LogP contribution >= 0.6 is 0 Å². The lowest BCUT2D eigenvalue weighted by atomic mass is 9.83. The average Bonchev–Trinajstić information content (AvgIpc) is 2.98. The van der Waals surface area contributed by atoms with Crippen LogP contribution in [0.2, 0.25) is 0 Å². The van der Waals surface area contributed by atoms with Crippen LogP contribution < -0.4 is 0 Å². The van der Waals surface area contributed by atoms with Gasteiger partial charge in [0.25, 0.3) is 0 Å². The number of rotatable bonds is 6. The van der Waals surface area contributed by atoms with E-state index in [1.807, 2.05) is 0 Å². The Labute approximate surface area is 126 Å². The van der Waals surface area contributed by atoms with E-state index in [1.54, 1.807) is 13.8 Å². The molecule has 0 spiro atoms. The minimum atomic E-state index is -0.317. The minimum absolute atomic E-state index is 0.0702. The van der Waals surface area contributed by atoms with Crippen LogP contribution in [0.3, 0.4) is 0 Å². The number of ether oxygens (including phenoxy) is 2. The van der Waals surface area contributed by atoms with Crippen LogP contribution in [0, 0.1) is 10.8 Å². The maximum absolute atomic E-state index is 11.5. The van der Waals surface area contributed by atoms with Crippen molar-refractivity contribution in [3.8, 4) is 0 Å². The lowest BCUT2D eigenvalue weighted by molar-refractivity contribution is -0.142. The molecule has 0 heterocycles. The van der Waals surface area contributed by atoms with E-state index in [0.717, 1.165) is 32.1 Å². The SMILES string of the molecule is C=C(C)C(=O)OCC12CCC(COC(=O)C(=C)C)(CC1)C2. The molecule has 0 radical (unpaired) electrons. The second kappa shape index (κ2) is 5.66. The van der Waals surface area contributed by atoms with Gasteiger partial charge < -0.3 is 9.47 Å². The Morgan fingerprint density at radius 1 is 0.857 bits per heavy atom. The standard InChI is InChI=1S/C17H24O4/c1-12(2)14(18)20-10-16-5-7-17(9-16,8-6-16)11-21-15(19)13(3)4/h1,3,5-11H2,2,4H3. The van der Waals surface area contributed by atoms with Gasteiger partial charge in [-0.25, -0.2) is 9.59 Å². The number of carbonyl (C=O) groups excluding carboxylic acids is 2. The molecule has 0 aromatic carbocycles. The molecule has 21 heavy (non-hydrogen) atoms.